The highest BCUT2D eigenvalue weighted by Gasteiger charge is 2.00. The number of carbonyl (C=O) groups is 1. The first-order valence-corrected chi connectivity index (χ1v) is 5.00. The molecule has 0 aromatic heterocycles. The number of rotatable bonds is 5. The molecule has 0 aliphatic rings. The highest BCUT2D eigenvalue weighted by molar-refractivity contribution is 5.79. The lowest BCUT2D eigenvalue weighted by atomic mass is 10.1. The second kappa shape index (κ2) is 5.24. The van der Waals surface area contributed by atoms with Gasteiger partial charge in [0.05, 0.1) is 6.54 Å². The third-order valence-corrected chi connectivity index (χ3v) is 2.06. The Morgan fingerprint density at radius 2 is 2.13 bits per heavy atom. The summed E-state index contributed by atoms with van der Waals surface area (Å²) in [6.45, 7) is 5.10. The summed E-state index contributed by atoms with van der Waals surface area (Å²) in [6, 6.07) is 5.95. The molecule has 0 aliphatic heterocycles. The molecule has 0 saturated heterocycles. The number of benzene rings is 1. The molecule has 0 saturated carbocycles. The molecule has 4 heteroatoms. The summed E-state index contributed by atoms with van der Waals surface area (Å²) in [5.74, 6) is -0.356. The van der Waals surface area contributed by atoms with E-state index in [-0.39, 0.29) is 12.5 Å². The van der Waals surface area contributed by atoms with Crippen LogP contribution in [0.2, 0.25) is 0 Å². The van der Waals surface area contributed by atoms with Crippen molar-refractivity contribution in [1.82, 2.24) is 0 Å². The Morgan fingerprint density at radius 3 is 2.67 bits per heavy atom. The van der Waals surface area contributed by atoms with Gasteiger partial charge in [-0.3, -0.25) is 4.79 Å². The van der Waals surface area contributed by atoms with Crippen molar-refractivity contribution >= 4 is 17.3 Å². The van der Waals surface area contributed by atoms with Crippen LogP contribution in [0.5, 0.6) is 0 Å². The predicted molar refractivity (Wildman–Crippen MR) is 63.0 cm³/mol. The number of hydrogen-bond acceptors (Lipinski definition) is 3. The van der Waals surface area contributed by atoms with Crippen molar-refractivity contribution in [3.63, 3.8) is 0 Å². The van der Waals surface area contributed by atoms with Crippen LogP contribution in [0, 0.1) is 6.92 Å². The fraction of sp³-hybridized carbons (Fsp3) is 0.364. The fourth-order valence-corrected chi connectivity index (χ4v) is 1.36. The van der Waals surface area contributed by atoms with E-state index >= 15 is 0 Å². The van der Waals surface area contributed by atoms with Crippen LogP contribution < -0.4 is 16.4 Å². The first-order valence-electron chi connectivity index (χ1n) is 5.00. The van der Waals surface area contributed by atoms with Gasteiger partial charge in [0.25, 0.3) is 0 Å². The van der Waals surface area contributed by atoms with Crippen molar-refractivity contribution in [2.45, 2.75) is 13.8 Å². The molecule has 0 atom stereocenters. The monoisotopic (exact) mass is 207 g/mol. The largest absolute Gasteiger partial charge is 0.385 e. The van der Waals surface area contributed by atoms with Gasteiger partial charge in [0.15, 0.2) is 0 Å². The predicted octanol–water partition coefficient (Wildman–Crippen LogP) is 1.32. The Kier molecular flexibility index (Phi) is 3.97. The van der Waals surface area contributed by atoms with Crippen LogP contribution >= 0.6 is 0 Å². The summed E-state index contributed by atoms with van der Waals surface area (Å²) in [7, 11) is 0. The van der Waals surface area contributed by atoms with E-state index in [1.54, 1.807) is 0 Å². The minimum Gasteiger partial charge on any atom is -0.385 e. The van der Waals surface area contributed by atoms with E-state index in [4.69, 9.17) is 5.73 Å². The molecule has 0 bridgehead atoms. The third kappa shape index (κ3) is 3.50. The molecule has 1 amide bonds. The van der Waals surface area contributed by atoms with Crippen molar-refractivity contribution in [1.29, 1.82) is 0 Å². The molecular formula is C11H17N3O. The number of carbonyl (C=O) groups excluding carboxylic acids is 1. The molecule has 1 aromatic rings. The molecule has 0 fully saturated rings. The number of nitrogens with two attached hydrogens (primary N) is 1. The first-order chi connectivity index (χ1) is 7.13. The van der Waals surface area contributed by atoms with Gasteiger partial charge in [-0.25, -0.2) is 0 Å². The third-order valence-electron chi connectivity index (χ3n) is 2.06. The Labute approximate surface area is 89.9 Å². The van der Waals surface area contributed by atoms with Crippen LogP contribution in [-0.4, -0.2) is 19.0 Å². The lowest BCUT2D eigenvalue weighted by Crippen LogP contribution is -2.22. The van der Waals surface area contributed by atoms with Crippen LogP contribution in [0.25, 0.3) is 0 Å². The molecule has 0 spiro atoms. The normalized spacial score (nSPS) is 9.73. The van der Waals surface area contributed by atoms with Crippen molar-refractivity contribution < 1.29 is 4.79 Å². The highest BCUT2D eigenvalue weighted by atomic mass is 16.1. The minimum atomic E-state index is -0.356. The number of aryl methyl sites for hydroxylation is 1. The van der Waals surface area contributed by atoms with Gasteiger partial charge in [-0.15, -0.1) is 0 Å². The molecular weight excluding hydrogens is 190 g/mol. The molecule has 82 valence electrons. The number of anilines is 2. The average molecular weight is 207 g/mol. The van der Waals surface area contributed by atoms with E-state index in [0.717, 1.165) is 23.5 Å². The Morgan fingerprint density at radius 1 is 1.40 bits per heavy atom. The van der Waals surface area contributed by atoms with Gasteiger partial charge in [-0.1, -0.05) is 0 Å². The topological polar surface area (TPSA) is 67.2 Å². The van der Waals surface area contributed by atoms with E-state index in [1.807, 2.05) is 25.1 Å². The van der Waals surface area contributed by atoms with E-state index in [2.05, 4.69) is 17.6 Å². The SMILES string of the molecule is CCNc1ccc(NCC(N)=O)c(C)c1. The van der Waals surface area contributed by atoms with E-state index in [9.17, 15) is 4.79 Å². The average Bonchev–Trinajstić information content (AvgIpc) is 2.17. The smallest absolute Gasteiger partial charge is 0.236 e. The van der Waals surface area contributed by atoms with Crippen molar-refractivity contribution in [3.8, 4) is 0 Å². The van der Waals surface area contributed by atoms with E-state index in [1.165, 1.54) is 0 Å². The molecule has 0 heterocycles. The zero-order chi connectivity index (χ0) is 11.3. The van der Waals surface area contributed by atoms with Gasteiger partial charge < -0.3 is 16.4 Å². The second-order valence-corrected chi connectivity index (χ2v) is 3.38. The maximum atomic E-state index is 10.6. The molecule has 1 rings (SSSR count). The Bertz CT molecular complexity index is 350. The molecule has 4 N–H and O–H groups in total. The molecule has 4 nitrogen and oxygen atoms in total. The van der Waals surface area contributed by atoms with Crippen molar-refractivity contribution in [2.24, 2.45) is 5.73 Å². The number of amides is 1. The number of primary amides is 1. The lowest BCUT2D eigenvalue weighted by molar-refractivity contribution is -0.116. The summed E-state index contributed by atoms with van der Waals surface area (Å²) in [4.78, 5) is 10.6. The maximum absolute atomic E-state index is 10.6. The molecule has 15 heavy (non-hydrogen) atoms. The Balaban J connectivity index is 2.70. The number of hydrogen-bond donors (Lipinski definition) is 3. The quantitative estimate of drug-likeness (QED) is 0.682. The first kappa shape index (κ1) is 11.4. The summed E-state index contributed by atoms with van der Waals surface area (Å²) < 4.78 is 0. The molecule has 1 aromatic carbocycles. The highest BCUT2D eigenvalue weighted by Crippen LogP contribution is 2.19. The minimum absolute atomic E-state index is 0.168. The van der Waals surface area contributed by atoms with Gasteiger partial charge in [0.1, 0.15) is 0 Å². The molecule has 0 aliphatic carbocycles. The van der Waals surface area contributed by atoms with Crippen LogP contribution in [-0.2, 0) is 4.79 Å². The van der Waals surface area contributed by atoms with Gasteiger partial charge in [-0.05, 0) is 37.6 Å². The maximum Gasteiger partial charge on any atom is 0.236 e. The van der Waals surface area contributed by atoms with Crippen molar-refractivity contribution in [2.75, 3.05) is 23.7 Å². The van der Waals surface area contributed by atoms with Gasteiger partial charge in [0, 0.05) is 17.9 Å². The van der Waals surface area contributed by atoms with Crippen LogP contribution in [0.1, 0.15) is 12.5 Å². The van der Waals surface area contributed by atoms with E-state index in [0.29, 0.717) is 0 Å². The van der Waals surface area contributed by atoms with Crippen LogP contribution in [0.15, 0.2) is 18.2 Å². The van der Waals surface area contributed by atoms with Crippen molar-refractivity contribution in [3.05, 3.63) is 23.8 Å². The number of nitrogens with one attached hydrogen (secondary N) is 2. The summed E-state index contributed by atoms with van der Waals surface area (Å²) in [5, 5.41) is 6.20. The summed E-state index contributed by atoms with van der Waals surface area (Å²) in [5.41, 5.74) is 8.17. The van der Waals surface area contributed by atoms with Gasteiger partial charge >= 0.3 is 0 Å². The lowest BCUT2D eigenvalue weighted by Gasteiger charge is -2.10. The standard InChI is InChI=1S/C11H17N3O/c1-3-13-9-4-5-10(8(2)6-9)14-7-11(12)15/h4-6,13-14H,3,7H2,1-2H3,(H2,12,15). The zero-order valence-electron chi connectivity index (χ0n) is 9.13. The molecule has 0 unspecified atom stereocenters. The van der Waals surface area contributed by atoms with Crippen LogP contribution in [0.4, 0.5) is 11.4 Å². The summed E-state index contributed by atoms with van der Waals surface area (Å²) >= 11 is 0. The van der Waals surface area contributed by atoms with Crippen LogP contribution in [0.3, 0.4) is 0 Å². The zero-order valence-corrected chi connectivity index (χ0v) is 9.13. The van der Waals surface area contributed by atoms with Gasteiger partial charge in [0.2, 0.25) is 5.91 Å². The van der Waals surface area contributed by atoms with Gasteiger partial charge in [-0.2, -0.15) is 0 Å². The fourth-order valence-electron chi connectivity index (χ4n) is 1.36. The second-order valence-electron chi connectivity index (χ2n) is 3.38. The molecule has 0 radical (unpaired) electrons. The summed E-state index contributed by atoms with van der Waals surface area (Å²) in [6.07, 6.45) is 0. The van der Waals surface area contributed by atoms with E-state index < -0.39 is 0 Å². The Hall–Kier alpha value is -1.71.